The van der Waals surface area contributed by atoms with Crippen LogP contribution in [0.15, 0.2) is 40.4 Å². The molecule has 0 bridgehead atoms. The molecule has 1 aliphatic rings. The molecule has 1 fully saturated rings. The second kappa shape index (κ2) is 7.13. The Balaban J connectivity index is 1.57. The molecule has 1 aliphatic heterocycles. The van der Waals surface area contributed by atoms with Gasteiger partial charge >= 0.3 is 0 Å². The van der Waals surface area contributed by atoms with Crippen LogP contribution >= 0.6 is 11.8 Å². The van der Waals surface area contributed by atoms with Gasteiger partial charge < -0.3 is 15.6 Å². The molecule has 0 spiro atoms. The SMILES string of the molecule is CC(C)c1ccccc1Sc1cnc2nc(N3CCC(C)(N)CC3)[nH]c2n1. The number of fused-ring (bicyclic) bond motifs is 1. The maximum atomic E-state index is 6.23. The van der Waals surface area contributed by atoms with Crippen LogP contribution < -0.4 is 10.6 Å². The summed E-state index contributed by atoms with van der Waals surface area (Å²) in [7, 11) is 0. The highest BCUT2D eigenvalue weighted by Gasteiger charge is 2.27. The fourth-order valence-electron chi connectivity index (χ4n) is 3.36. The molecule has 3 heterocycles. The average molecular weight is 383 g/mol. The van der Waals surface area contributed by atoms with E-state index in [1.807, 2.05) is 6.20 Å². The lowest BCUT2D eigenvalue weighted by atomic mass is 9.91. The van der Waals surface area contributed by atoms with Crippen molar-refractivity contribution in [3.8, 4) is 0 Å². The Kier molecular flexibility index (Phi) is 4.82. The van der Waals surface area contributed by atoms with Crippen LogP contribution in [-0.2, 0) is 0 Å². The third-order valence-corrected chi connectivity index (χ3v) is 6.13. The molecule has 0 amide bonds. The van der Waals surface area contributed by atoms with Crippen LogP contribution in [0.4, 0.5) is 5.95 Å². The topological polar surface area (TPSA) is 83.7 Å². The number of imidazole rings is 1. The predicted octanol–water partition coefficient (Wildman–Crippen LogP) is 3.95. The van der Waals surface area contributed by atoms with Crippen molar-refractivity contribution in [3.05, 3.63) is 36.0 Å². The Morgan fingerprint density at radius 3 is 2.67 bits per heavy atom. The fraction of sp³-hybridized carbons (Fsp3) is 0.450. The van der Waals surface area contributed by atoms with Crippen LogP contribution in [0.5, 0.6) is 0 Å². The fourth-order valence-corrected chi connectivity index (χ4v) is 4.39. The summed E-state index contributed by atoms with van der Waals surface area (Å²) < 4.78 is 0. The summed E-state index contributed by atoms with van der Waals surface area (Å²) in [5, 5.41) is 0.874. The molecule has 6 nitrogen and oxygen atoms in total. The smallest absolute Gasteiger partial charge is 0.206 e. The molecule has 7 heteroatoms. The number of aromatic amines is 1. The number of anilines is 1. The standard InChI is InChI=1S/C20H26N6S/c1-13(2)14-6-4-5-7-15(14)27-16-12-22-17-18(23-16)25-19(24-17)26-10-8-20(3,21)9-11-26/h4-7,12-13H,8-11,21H2,1-3H3,(H,22,23,24,25). The highest BCUT2D eigenvalue weighted by molar-refractivity contribution is 7.99. The molecule has 2 aromatic heterocycles. The number of aromatic nitrogens is 4. The molecule has 0 atom stereocenters. The summed E-state index contributed by atoms with van der Waals surface area (Å²) in [4.78, 5) is 20.7. The summed E-state index contributed by atoms with van der Waals surface area (Å²) in [6, 6.07) is 8.47. The molecule has 27 heavy (non-hydrogen) atoms. The Morgan fingerprint density at radius 2 is 1.93 bits per heavy atom. The van der Waals surface area contributed by atoms with Gasteiger partial charge in [0.2, 0.25) is 5.95 Å². The van der Waals surface area contributed by atoms with Gasteiger partial charge in [-0.3, -0.25) is 0 Å². The zero-order valence-electron chi connectivity index (χ0n) is 16.1. The minimum absolute atomic E-state index is 0.0768. The predicted molar refractivity (Wildman–Crippen MR) is 110 cm³/mol. The summed E-state index contributed by atoms with van der Waals surface area (Å²) in [6.07, 6.45) is 3.72. The monoisotopic (exact) mass is 382 g/mol. The van der Waals surface area contributed by atoms with Crippen molar-refractivity contribution in [2.45, 2.75) is 55.0 Å². The second-order valence-electron chi connectivity index (χ2n) is 7.88. The maximum Gasteiger partial charge on any atom is 0.206 e. The van der Waals surface area contributed by atoms with E-state index in [1.54, 1.807) is 11.8 Å². The zero-order valence-corrected chi connectivity index (χ0v) is 16.9. The van der Waals surface area contributed by atoms with Gasteiger partial charge in [0, 0.05) is 23.5 Å². The first-order valence-corrected chi connectivity index (χ1v) is 10.3. The third kappa shape index (κ3) is 3.94. The van der Waals surface area contributed by atoms with E-state index < -0.39 is 0 Å². The van der Waals surface area contributed by atoms with Crippen molar-refractivity contribution in [1.29, 1.82) is 0 Å². The second-order valence-corrected chi connectivity index (χ2v) is 8.94. The molecule has 1 aromatic carbocycles. The van der Waals surface area contributed by atoms with Gasteiger partial charge in [0.25, 0.3) is 0 Å². The van der Waals surface area contributed by atoms with E-state index in [1.165, 1.54) is 10.5 Å². The lowest BCUT2D eigenvalue weighted by Crippen LogP contribution is -2.48. The van der Waals surface area contributed by atoms with Crippen LogP contribution in [0.25, 0.3) is 11.3 Å². The molecule has 4 rings (SSSR count). The molecule has 0 unspecified atom stereocenters. The van der Waals surface area contributed by atoms with E-state index in [0.29, 0.717) is 11.6 Å². The first-order valence-electron chi connectivity index (χ1n) is 9.45. The van der Waals surface area contributed by atoms with Crippen molar-refractivity contribution in [2.75, 3.05) is 18.0 Å². The van der Waals surface area contributed by atoms with E-state index in [-0.39, 0.29) is 5.54 Å². The largest absolute Gasteiger partial charge is 0.342 e. The van der Waals surface area contributed by atoms with Crippen LogP contribution in [0.1, 0.15) is 45.1 Å². The van der Waals surface area contributed by atoms with Crippen LogP contribution in [0.3, 0.4) is 0 Å². The van der Waals surface area contributed by atoms with Crippen molar-refractivity contribution in [2.24, 2.45) is 5.73 Å². The quantitative estimate of drug-likeness (QED) is 0.711. The molecule has 0 aliphatic carbocycles. The number of benzene rings is 1. The maximum absolute atomic E-state index is 6.23. The van der Waals surface area contributed by atoms with Crippen molar-refractivity contribution < 1.29 is 0 Å². The van der Waals surface area contributed by atoms with Gasteiger partial charge in [0.15, 0.2) is 11.3 Å². The minimum Gasteiger partial charge on any atom is -0.342 e. The van der Waals surface area contributed by atoms with Gasteiger partial charge in [-0.15, -0.1) is 0 Å². The molecule has 0 saturated carbocycles. The Morgan fingerprint density at radius 1 is 1.19 bits per heavy atom. The summed E-state index contributed by atoms with van der Waals surface area (Å²) in [5.41, 5.74) is 8.88. The normalized spacial score (nSPS) is 17.0. The highest BCUT2D eigenvalue weighted by atomic mass is 32.2. The van der Waals surface area contributed by atoms with Crippen molar-refractivity contribution in [3.63, 3.8) is 0 Å². The molecular formula is C20H26N6S. The first kappa shape index (κ1) is 18.3. The van der Waals surface area contributed by atoms with Crippen LogP contribution in [-0.4, -0.2) is 38.6 Å². The Labute approximate surface area is 164 Å². The number of H-pyrrole nitrogens is 1. The van der Waals surface area contributed by atoms with Crippen LogP contribution in [0.2, 0.25) is 0 Å². The number of nitrogens with zero attached hydrogens (tertiary/aromatic N) is 4. The number of hydrogen-bond donors (Lipinski definition) is 2. The molecule has 3 N–H and O–H groups in total. The summed E-state index contributed by atoms with van der Waals surface area (Å²) in [5.74, 6) is 1.31. The average Bonchev–Trinajstić information content (AvgIpc) is 3.05. The summed E-state index contributed by atoms with van der Waals surface area (Å²) >= 11 is 1.65. The van der Waals surface area contributed by atoms with E-state index >= 15 is 0 Å². The van der Waals surface area contributed by atoms with Crippen molar-refractivity contribution >= 4 is 29.0 Å². The molecule has 3 aromatic rings. The molecule has 142 valence electrons. The Hall–Kier alpha value is -2.12. The molecular weight excluding hydrogens is 356 g/mol. The van der Waals surface area contributed by atoms with Gasteiger partial charge in [-0.2, -0.15) is 4.98 Å². The van der Waals surface area contributed by atoms with Crippen molar-refractivity contribution in [1.82, 2.24) is 19.9 Å². The number of nitrogens with two attached hydrogens (primary N) is 1. The van der Waals surface area contributed by atoms with Crippen LogP contribution in [0, 0.1) is 0 Å². The lowest BCUT2D eigenvalue weighted by molar-refractivity contribution is 0.362. The van der Waals surface area contributed by atoms with Gasteiger partial charge in [0.05, 0.1) is 6.20 Å². The third-order valence-electron chi connectivity index (χ3n) is 5.13. The Bertz CT molecular complexity index is 939. The van der Waals surface area contributed by atoms with Gasteiger partial charge in [-0.1, -0.05) is 43.8 Å². The zero-order chi connectivity index (χ0) is 19.0. The van der Waals surface area contributed by atoms with Gasteiger partial charge in [-0.05, 0) is 37.3 Å². The van der Waals surface area contributed by atoms with E-state index in [9.17, 15) is 0 Å². The number of rotatable bonds is 4. The minimum atomic E-state index is -0.0768. The van der Waals surface area contributed by atoms with E-state index in [0.717, 1.165) is 42.6 Å². The highest BCUT2D eigenvalue weighted by Crippen LogP contribution is 2.33. The summed E-state index contributed by atoms with van der Waals surface area (Å²) in [6.45, 7) is 8.33. The molecule has 1 saturated heterocycles. The molecule has 0 radical (unpaired) electrons. The van der Waals surface area contributed by atoms with E-state index in [2.05, 4.69) is 64.9 Å². The van der Waals surface area contributed by atoms with E-state index in [4.69, 9.17) is 10.7 Å². The number of piperidine rings is 1. The van der Waals surface area contributed by atoms with Gasteiger partial charge in [-0.25, -0.2) is 9.97 Å². The first-order chi connectivity index (χ1) is 12.9. The number of nitrogens with one attached hydrogen (secondary N) is 1. The number of hydrogen-bond acceptors (Lipinski definition) is 6. The van der Waals surface area contributed by atoms with Gasteiger partial charge in [0.1, 0.15) is 5.03 Å². The lowest BCUT2D eigenvalue weighted by Gasteiger charge is -2.36.